The van der Waals surface area contributed by atoms with E-state index in [9.17, 15) is 14.0 Å². The van der Waals surface area contributed by atoms with Crippen molar-refractivity contribution in [3.05, 3.63) is 69.5 Å². The van der Waals surface area contributed by atoms with Crippen LogP contribution in [0, 0.1) is 5.82 Å². The third-order valence-corrected chi connectivity index (χ3v) is 6.09. The Labute approximate surface area is 191 Å². The first-order chi connectivity index (χ1) is 14.4. The zero-order chi connectivity index (χ0) is 22.1. The van der Waals surface area contributed by atoms with Crippen LogP contribution in [0.1, 0.15) is 31.4 Å². The Morgan fingerprint density at radius 3 is 2.50 bits per heavy atom. The Morgan fingerprint density at radius 2 is 1.87 bits per heavy atom. The second kappa shape index (κ2) is 12.2. The quantitative estimate of drug-likeness (QED) is 0.511. The molecule has 0 aliphatic heterocycles. The number of amides is 2. The summed E-state index contributed by atoms with van der Waals surface area (Å²) in [6.07, 6.45) is 0.459. The van der Waals surface area contributed by atoms with Crippen molar-refractivity contribution in [2.24, 2.45) is 0 Å². The van der Waals surface area contributed by atoms with Crippen molar-refractivity contribution >= 4 is 46.8 Å². The number of likely N-dealkylation sites (N-methyl/N-ethyl adjacent to an activating group) is 1. The summed E-state index contributed by atoms with van der Waals surface area (Å²) >= 11 is 13.6. The molecule has 0 aliphatic carbocycles. The minimum Gasteiger partial charge on any atom is -0.355 e. The van der Waals surface area contributed by atoms with Crippen LogP contribution in [0.5, 0.6) is 0 Å². The van der Waals surface area contributed by atoms with Crippen molar-refractivity contribution in [2.45, 2.75) is 38.6 Å². The summed E-state index contributed by atoms with van der Waals surface area (Å²) in [4.78, 5) is 27.2. The lowest BCUT2D eigenvalue weighted by Gasteiger charge is -2.30. The van der Waals surface area contributed by atoms with Crippen LogP contribution in [0.3, 0.4) is 0 Å². The maximum absolute atomic E-state index is 13.8. The van der Waals surface area contributed by atoms with Crippen molar-refractivity contribution in [3.63, 3.8) is 0 Å². The van der Waals surface area contributed by atoms with Crippen molar-refractivity contribution < 1.29 is 14.0 Å². The number of carbonyl (C=O) groups excluding carboxylic acids is 2. The normalized spacial score (nSPS) is 11.8. The van der Waals surface area contributed by atoms with Gasteiger partial charge >= 0.3 is 0 Å². The Kier molecular flexibility index (Phi) is 9.95. The van der Waals surface area contributed by atoms with Crippen LogP contribution in [0.2, 0.25) is 10.0 Å². The van der Waals surface area contributed by atoms with E-state index < -0.39 is 6.04 Å². The van der Waals surface area contributed by atoms with Gasteiger partial charge in [-0.15, -0.1) is 11.8 Å². The van der Waals surface area contributed by atoms with E-state index in [2.05, 4.69) is 5.32 Å². The van der Waals surface area contributed by atoms with Gasteiger partial charge in [0.1, 0.15) is 11.9 Å². The molecule has 0 radical (unpaired) electrons. The maximum atomic E-state index is 13.8. The molecule has 8 heteroatoms. The predicted octanol–water partition coefficient (Wildman–Crippen LogP) is 5.31. The number of nitrogens with one attached hydrogen (secondary N) is 1. The lowest BCUT2D eigenvalue weighted by atomic mass is 10.1. The molecule has 0 spiro atoms. The number of carbonyl (C=O) groups is 2. The number of thioether (sulfide) groups is 1. The Balaban J connectivity index is 2.17. The lowest BCUT2D eigenvalue weighted by molar-refractivity contribution is -0.139. The number of benzene rings is 2. The molecule has 2 aromatic carbocycles. The SMILES string of the molecule is CCNC(=O)[C@H](CC)N(Cc1ccc(Cl)cc1Cl)C(=O)CSCc1ccccc1F. The first kappa shape index (κ1) is 24.5. The molecule has 2 aromatic rings. The van der Waals surface area contributed by atoms with Gasteiger partial charge in [0.2, 0.25) is 11.8 Å². The van der Waals surface area contributed by atoms with Crippen LogP contribution in [-0.2, 0) is 21.9 Å². The summed E-state index contributed by atoms with van der Waals surface area (Å²) in [5.41, 5.74) is 1.25. The molecule has 0 aromatic heterocycles. The minimum atomic E-state index is -0.627. The standard InChI is InChI=1S/C22H25Cl2FN2O2S/c1-3-20(22(29)26-4-2)27(12-15-9-10-17(23)11-18(15)24)21(28)14-30-13-16-7-5-6-8-19(16)25/h5-11,20H,3-4,12-14H2,1-2H3,(H,26,29)/t20-/m0/s1. The molecule has 0 fully saturated rings. The van der Waals surface area contributed by atoms with Crippen LogP contribution >= 0.6 is 35.0 Å². The first-order valence-electron chi connectivity index (χ1n) is 9.69. The summed E-state index contributed by atoms with van der Waals surface area (Å²) in [5, 5.41) is 3.72. The van der Waals surface area contributed by atoms with Gasteiger partial charge in [0.15, 0.2) is 0 Å². The molecule has 1 N–H and O–H groups in total. The molecule has 2 amide bonds. The van der Waals surface area contributed by atoms with Gasteiger partial charge in [0, 0.05) is 28.9 Å². The topological polar surface area (TPSA) is 49.4 Å². The molecule has 0 unspecified atom stereocenters. The fourth-order valence-electron chi connectivity index (χ4n) is 2.99. The Morgan fingerprint density at radius 1 is 1.13 bits per heavy atom. The van der Waals surface area contributed by atoms with E-state index in [1.165, 1.54) is 22.7 Å². The zero-order valence-electron chi connectivity index (χ0n) is 17.0. The zero-order valence-corrected chi connectivity index (χ0v) is 19.3. The van der Waals surface area contributed by atoms with E-state index in [1.54, 1.807) is 36.4 Å². The molecule has 0 saturated carbocycles. The molecule has 2 rings (SSSR count). The van der Waals surface area contributed by atoms with Crippen LogP contribution in [-0.4, -0.2) is 35.1 Å². The molecular formula is C22H25Cl2FN2O2S. The summed E-state index contributed by atoms with van der Waals surface area (Å²) in [6, 6.07) is 10.9. The monoisotopic (exact) mass is 470 g/mol. The van der Waals surface area contributed by atoms with Crippen LogP contribution < -0.4 is 5.32 Å². The number of hydrogen-bond acceptors (Lipinski definition) is 3. The van der Waals surface area contributed by atoms with E-state index >= 15 is 0 Å². The van der Waals surface area contributed by atoms with Gasteiger partial charge in [-0.2, -0.15) is 0 Å². The van der Waals surface area contributed by atoms with E-state index in [0.29, 0.717) is 39.9 Å². The molecule has 4 nitrogen and oxygen atoms in total. The summed E-state index contributed by atoms with van der Waals surface area (Å²) < 4.78 is 13.8. The number of rotatable bonds is 10. The minimum absolute atomic E-state index is 0.120. The highest BCUT2D eigenvalue weighted by Gasteiger charge is 2.28. The first-order valence-corrected chi connectivity index (χ1v) is 11.6. The summed E-state index contributed by atoms with van der Waals surface area (Å²) in [7, 11) is 0. The van der Waals surface area contributed by atoms with Crippen LogP contribution in [0.25, 0.3) is 0 Å². The largest absolute Gasteiger partial charge is 0.355 e. The third-order valence-electron chi connectivity index (χ3n) is 4.53. The molecule has 0 heterocycles. The van der Waals surface area contributed by atoms with E-state index in [1.807, 2.05) is 13.8 Å². The third kappa shape index (κ3) is 6.89. The van der Waals surface area contributed by atoms with Gasteiger partial charge in [0.05, 0.1) is 5.75 Å². The van der Waals surface area contributed by atoms with Crippen LogP contribution in [0.4, 0.5) is 4.39 Å². The molecule has 1 atom stereocenters. The number of hydrogen-bond donors (Lipinski definition) is 1. The lowest BCUT2D eigenvalue weighted by Crippen LogP contribution is -2.49. The average molecular weight is 471 g/mol. The van der Waals surface area contributed by atoms with E-state index in [4.69, 9.17) is 23.2 Å². The molecule has 0 saturated heterocycles. The number of nitrogens with zero attached hydrogens (tertiary/aromatic N) is 1. The fraction of sp³-hybridized carbons (Fsp3) is 0.364. The van der Waals surface area contributed by atoms with Crippen molar-refractivity contribution in [2.75, 3.05) is 12.3 Å². The predicted molar refractivity (Wildman–Crippen MR) is 122 cm³/mol. The van der Waals surface area contributed by atoms with Gasteiger partial charge in [-0.25, -0.2) is 4.39 Å². The maximum Gasteiger partial charge on any atom is 0.242 e. The average Bonchev–Trinajstić information content (AvgIpc) is 2.71. The summed E-state index contributed by atoms with van der Waals surface area (Å²) in [5.74, 6) is -0.226. The molecular weight excluding hydrogens is 446 g/mol. The molecule has 0 bridgehead atoms. The van der Waals surface area contributed by atoms with Crippen molar-refractivity contribution in [1.82, 2.24) is 10.2 Å². The van der Waals surface area contributed by atoms with Gasteiger partial charge in [0.25, 0.3) is 0 Å². The number of halogens is 3. The van der Waals surface area contributed by atoms with Gasteiger partial charge < -0.3 is 10.2 Å². The van der Waals surface area contributed by atoms with Crippen LogP contribution in [0.15, 0.2) is 42.5 Å². The summed E-state index contributed by atoms with van der Waals surface area (Å²) in [6.45, 7) is 4.35. The van der Waals surface area contributed by atoms with Gasteiger partial charge in [-0.05, 0) is 42.7 Å². The second-order valence-electron chi connectivity index (χ2n) is 6.66. The van der Waals surface area contributed by atoms with Gasteiger partial charge in [-0.3, -0.25) is 9.59 Å². The highest BCUT2D eigenvalue weighted by atomic mass is 35.5. The highest BCUT2D eigenvalue weighted by Crippen LogP contribution is 2.24. The highest BCUT2D eigenvalue weighted by molar-refractivity contribution is 7.99. The van der Waals surface area contributed by atoms with Crippen molar-refractivity contribution in [1.29, 1.82) is 0 Å². The molecule has 162 valence electrons. The fourth-order valence-corrected chi connectivity index (χ4v) is 4.36. The molecule has 0 aliphatic rings. The van der Waals surface area contributed by atoms with E-state index in [-0.39, 0.29) is 29.9 Å². The smallest absolute Gasteiger partial charge is 0.242 e. The second-order valence-corrected chi connectivity index (χ2v) is 8.49. The van der Waals surface area contributed by atoms with E-state index in [0.717, 1.165) is 0 Å². The Hall–Kier alpha value is -1.76. The molecule has 30 heavy (non-hydrogen) atoms. The Bertz CT molecular complexity index is 882. The van der Waals surface area contributed by atoms with Crippen molar-refractivity contribution in [3.8, 4) is 0 Å². The van der Waals surface area contributed by atoms with Gasteiger partial charge in [-0.1, -0.05) is 54.4 Å².